The predicted octanol–water partition coefficient (Wildman–Crippen LogP) is 3.51. The Labute approximate surface area is 112 Å². The first-order valence-electron chi connectivity index (χ1n) is 6.24. The van der Waals surface area contributed by atoms with Crippen LogP contribution in [0.5, 0.6) is 5.75 Å². The van der Waals surface area contributed by atoms with Gasteiger partial charge in [0.15, 0.2) is 0 Å². The monoisotopic (exact) mass is 256 g/mol. The smallest absolute Gasteiger partial charge is 0.309 e. The molecule has 98 valence electrons. The van der Waals surface area contributed by atoms with E-state index in [0.717, 1.165) is 16.3 Å². The topological polar surface area (TPSA) is 46.5 Å². The summed E-state index contributed by atoms with van der Waals surface area (Å²) in [5.74, 6) is 0.0253. The third-order valence-corrected chi connectivity index (χ3v) is 2.75. The highest BCUT2D eigenvalue weighted by molar-refractivity contribution is 5.86. The lowest BCUT2D eigenvalue weighted by Crippen LogP contribution is -2.01. The molecule has 0 fully saturated rings. The van der Waals surface area contributed by atoms with E-state index >= 15 is 0 Å². The van der Waals surface area contributed by atoms with Crippen LogP contribution in [0.1, 0.15) is 18.9 Å². The van der Waals surface area contributed by atoms with Crippen LogP contribution in [0.25, 0.3) is 16.8 Å². The van der Waals surface area contributed by atoms with Gasteiger partial charge >= 0.3 is 5.97 Å². The maximum absolute atomic E-state index is 11.2. The van der Waals surface area contributed by atoms with Crippen LogP contribution in [-0.4, -0.2) is 17.7 Å². The molecule has 0 heterocycles. The minimum atomic E-state index is -0.225. The van der Waals surface area contributed by atoms with Gasteiger partial charge in [-0.05, 0) is 41.5 Å². The van der Waals surface area contributed by atoms with E-state index in [9.17, 15) is 9.90 Å². The van der Waals surface area contributed by atoms with Gasteiger partial charge in [-0.3, -0.25) is 4.79 Å². The summed E-state index contributed by atoms with van der Waals surface area (Å²) < 4.78 is 4.84. The number of phenolic OH excluding ortho intramolecular Hbond substituents is 1. The number of fused-ring (bicyclic) bond motifs is 1. The highest BCUT2D eigenvalue weighted by Crippen LogP contribution is 2.21. The summed E-state index contributed by atoms with van der Waals surface area (Å²) >= 11 is 0. The van der Waals surface area contributed by atoms with Gasteiger partial charge in [-0.1, -0.05) is 30.4 Å². The van der Waals surface area contributed by atoms with Gasteiger partial charge in [-0.25, -0.2) is 0 Å². The van der Waals surface area contributed by atoms with E-state index in [-0.39, 0.29) is 18.1 Å². The standard InChI is InChI=1S/C16H16O3/c1-2-19-16(18)5-3-4-12-6-7-13-8-9-15(17)11-14(13)10-12/h3-4,6-11,17H,2,5H2,1H3. The molecule has 0 saturated carbocycles. The van der Waals surface area contributed by atoms with E-state index < -0.39 is 0 Å². The summed E-state index contributed by atoms with van der Waals surface area (Å²) in [4.78, 5) is 11.2. The molecule has 0 aromatic heterocycles. The van der Waals surface area contributed by atoms with Crippen LogP contribution in [0.3, 0.4) is 0 Å². The lowest BCUT2D eigenvalue weighted by Gasteiger charge is -2.01. The number of carbonyl (C=O) groups excluding carboxylic acids is 1. The molecule has 0 spiro atoms. The second-order valence-corrected chi connectivity index (χ2v) is 4.20. The molecule has 0 aliphatic carbocycles. The van der Waals surface area contributed by atoms with Crippen LogP contribution >= 0.6 is 0 Å². The molecule has 0 aliphatic rings. The zero-order valence-corrected chi connectivity index (χ0v) is 10.8. The van der Waals surface area contributed by atoms with Crippen LogP contribution in [0.4, 0.5) is 0 Å². The summed E-state index contributed by atoms with van der Waals surface area (Å²) in [6, 6.07) is 11.2. The van der Waals surface area contributed by atoms with Crippen molar-refractivity contribution in [2.45, 2.75) is 13.3 Å². The molecule has 0 aliphatic heterocycles. The van der Waals surface area contributed by atoms with Gasteiger partial charge in [-0.15, -0.1) is 0 Å². The number of benzene rings is 2. The Bertz CT molecular complexity index is 614. The number of rotatable bonds is 4. The normalized spacial score (nSPS) is 11.0. The molecule has 2 aromatic carbocycles. The van der Waals surface area contributed by atoms with Crippen LogP contribution in [-0.2, 0) is 9.53 Å². The first kappa shape index (κ1) is 13.1. The second-order valence-electron chi connectivity index (χ2n) is 4.20. The second kappa shape index (κ2) is 6.05. The summed E-state index contributed by atoms with van der Waals surface area (Å²) in [6.07, 6.45) is 3.92. The molecule has 2 aromatic rings. The average molecular weight is 256 g/mol. The van der Waals surface area contributed by atoms with Gasteiger partial charge in [-0.2, -0.15) is 0 Å². The summed E-state index contributed by atoms with van der Waals surface area (Å²) in [5.41, 5.74) is 0.988. The molecule has 3 heteroatoms. The quantitative estimate of drug-likeness (QED) is 0.851. The minimum Gasteiger partial charge on any atom is -0.508 e. The highest BCUT2D eigenvalue weighted by atomic mass is 16.5. The molecule has 3 nitrogen and oxygen atoms in total. The van der Waals surface area contributed by atoms with E-state index in [2.05, 4.69) is 0 Å². The predicted molar refractivity (Wildman–Crippen MR) is 75.9 cm³/mol. The van der Waals surface area contributed by atoms with Crippen molar-refractivity contribution in [2.75, 3.05) is 6.61 Å². The van der Waals surface area contributed by atoms with Crippen molar-refractivity contribution in [3.05, 3.63) is 48.0 Å². The fraction of sp³-hybridized carbons (Fsp3) is 0.188. The van der Waals surface area contributed by atoms with Gasteiger partial charge in [0, 0.05) is 0 Å². The molecular formula is C16H16O3. The Kier molecular flexibility index (Phi) is 4.18. The zero-order valence-electron chi connectivity index (χ0n) is 10.8. The maximum Gasteiger partial charge on any atom is 0.309 e. The van der Waals surface area contributed by atoms with Gasteiger partial charge < -0.3 is 9.84 Å². The molecule has 0 saturated heterocycles. The van der Waals surface area contributed by atoms with Gasteiger partial charge in [0.05, 0.1) is 13.0 Å². The number of aromatic hydroxyl groups is 1. The SMILES string of the molecule is CCOC(=O)CC=Cc1ccc2ccc(O)cc2c1. The van der Waals surface area contributed by atoms with Crippen LogP contribution in [0.15, 0.2) is 42.5 Å². The van der Waals surface area contributed by atoms with Crippen molar-refractivity contribution in [1.29, 1.82) is 0 Å². The Morgan fingerprint density at radius 2 is 2.00 bits per heavy atom. The Hall–Kier alpha value is -2.29. The third-order valence-electron chi connectivity index (χ3n) is 2.75. The largest absolute Gasteiger partial charge is 0.508 e. The molecule has 0 amide bonds. The van der Waals surface area contributed by atoms with Crippen molar-refractivity contribution in [2.24, 2.45) is 0 Å². The molecule has 19 heavy (non-hydrogen) atoms. The lowest BCUT2D eigenvalue weighted by molar-refractivity contribution is -0.142. The molecular weight excluding hydrogens is 240 g/mol. The minimum absolute atomic E-state index is 0.225. The summed E-state index contributed by atoms with van der Waals surface area (Å²) in [5, 5.41) is 11.5. The molecule has 0 bridgehead atoms. The fourth-order valence-corrected chi connectivity index (χ4v) is 1.87. The average Bonchev–Trinajstić information content (AvgIpc) is 2.38. The third kappa shape index (κ3) is 3.58. The number of phenols is 1. The van der Waals surface area contributed by atoms with Gasteiger partial charge in [0.25, 0.3) is 0 Å². The van der Waals surface area contributed by atoms with Crippen LogP contribution < -0.4 is 0 Å². The Morgan fingerprint density at radius 1 is 1.21 bits per heavy atom. The Balaban J connectivity index is 2.12. The van der Waals surface area contributed by atoms with Crippen molar-refractivity contribution in [1.82, 2.24) is 0 Å². The molecule has 0 atom stereocenters. The molecule has 0 radical (unpaired) electrons. The van der Waals surface area contributed by atoms with Crippen LogP contribution in [0, 0.1) is 0 Å². The number of ether oxygens (including phenoxy) is 1. The van der Waals surface area contributed by atoms with Crippen molar-refractivity contribution >= 4 is 22.8 Å². The van der Waals surface area contributed by atoms with Gasteiger partial charge in [0.2, 0.25) is 0 Å². The van der Waals surface area contributed by atoms with E-state index in [1.165, 1.54) is 0 Å². The summed E-state index contributed by atoms with van der Waals surface area (Å²) in [7, 11) is 0. The number of hydrogen-bond donors (Lipinski definition) is 1. The maximum atomic E-state index is 11.2. The lowest BCUT2D eigenvalue weighted by atomic mass is 10.1. The van der Waals surface area contributed by atoms with Crippen molar-refractivity contribution < 1.29 is 14.6 Å². The molecule has 1 N–H and O–H groups in total. The summed E-state index contributed by atoms with van der Waals surface area (Å²) in [6.45, 7) is 2.19. The van der Waals surface area contributed by atoms with E-state index in [0.29, 0.717) is 6.61 Å². The molecule has 0 unspecified atom stereocenters. The highest BCUT2D eigenvalue weighted by Gasteiger charge is 1.98. The van der Waals surface area contributed by atoms with E-state index in [1.807, 2.05) is 30.3 Å². The van der Waals surface area contributed by atoms with Gasteiger partial charge in [0.1, 0.15) is 5.75 Å². The fourth-order valence-electron chi connectivity index (χ4n) is 1.87. The van der Waals surface area contributed by atoms with E-state index in [1.54, 1.807) is 25.1 Å². The van der Waals surface area contributed by atoms with Crippen LogP contribution in [0.2, 0.25) is 0 Å². The van der Waals surface area contributed by atoms with Crippen molar-refractivity contribution in [3.63, 3.8) is 0 Å². The van der Waals surface area contributed by atoms with Crippen molar-refractivity contribution in [3.8, 4) is 5.75 Å². The van der Waals surface area contributed by atoms with E-state index in [4.69, 9.17) is 4.74 Å². The molecule has 2 rings (SSSR count). The number of esters is 1. The zero-order chi connectivity index (χ0) is 13.7. The Morgan fingerprint density at radius 3 is 2.79 bits per heavy atom. The first-order chi connectivity index (χ1) is 9.19. The number of carbonyl (C=O) groups is 1. The number of hydrogen-bond acceptors (Lipinski definition) is 3. The first-order valence-corrected chi connectivity index (χ1v) is 6.24.